The van der Waals surface area contributed by atoms with E-state index in [0.717, 1.165) is 5.56 Å². The van der Waals surface area contributed by atoms with Crippen LogP contribution in [0.25, 0.3) is 11.4 Å². The van der Waals surface area contributed by atoms with Crippen LogP contribution in [0, 0.1) is 19.7 Å². The van der Waals surface area contributed by atoms with E-state index in [1.54, 1.807) is 6.92 Å². The van der Waals surface area contributed by atoms with Gasteiger partial charge in [0.25, 0.3) is 0 Å². The highest BCUT2D eigenvalue weighted by atomic mass is 19.1. The third-order valence-corrected chi connectivity index (χ3v) is 2.67. The molecular weight excluding hydrogens is 229 g/mol. The van der Waals surface area contributed by atoms with Crippen LogP contribution in [0.15, 0.2) is 24.3 Å². The standard InChI is InChI=1S/C14H16FN3/c1-4-16-14-12(15)10(3)17-13(18-14)11-7-5-9(2)6-8-11/h5-8H,4H2,1-3H3,(H,16,17,18). The highest BCUT2D eigenvalue weighted by Crippen LogP contribution is 2.21. The molecule has 0 unspecified atom stereocenters. The molecule has 1 aromatic carbocycles. The smallest absolute Gasteiger partial charge is 0.186 e. The van der Waals surface area contributed by atoms with Crippen molar-refractivity contribution in [1.29, 1.82) is 0 Å². The summed E-state index contributed by atoms with van der Waals surface area (Å²) >= 11 is 0. The van der Waals surface area contributed by atoms with E-state index in [9.17, 15) is 4.39 Å². The average Bonchev–Trinajstić information content (AvgIpc) is 2.36. The molecule has 2 aromatic rings. The molecule has 1 N–H and O–H groups in total. The van der Waals surface area contributed by atoms with Gasteiger partial charge >= 0.3 is 0 Å². The Labute approximate surface area is 106 Å². The van der Waals surface area contributed by atoms with Crippen molar-refractivity contribution in [3.63, 3.8) is 0 Å². The molecule has 0 saturated carbocycles. The predicted octanol–water partition coefficient (Wildman–Crippen LogP) is 3.33. The Hall–Kier alpha value is -1.97. The van der Waals surface area contributed by atoms with E-state index in [-0.39, 0.29) is 11.6 Å². The van der Waals surface area contributed by atoms with Gasteiger partial charge < -0.3 is 5.32 Å². The maximum Gasteiger partial charge on any atom is 0.186 e. The first-order chi connectivity index (χ1) is 8.61. The molecule has 0 radical (unpaired) electrons. The fourth-order valence-corrected chi connectivity index (χ4v) is 1.68. The molecule has 0 aliphatic heterocycles. The summed E-state index contributed by atoms with van der Waals surface area (Å²) < 4.78 is 13.8. The highest BCUT2D eigenvalue weighted by molar-refractivity contribution is 5.58. The number of aryl methyl sites for hydroxylation is 2. The summed E-state index contributed by atoms with van der Waals surface area (Å²) in [6.07, 6.45) is 0. The van der Waals surface area contributed by atoms with E-state index >= 15 is 0 Å². The third kappa shape index (κ3) is 2.47. The van der Waals surface area contributed by atoms with E-state index in [1.807, 2.05) is 38.1 Å². The minimum absolute atomic E-state index is 0.264. The Balaban J connectivity index is 2.48. The average molecular weight is 245 g/mol. The van der Waals surface area contributed by atoms with Gasteiger partial charge in [-0.1, -0.05) is 29.8 Å². The number of anilines is 1. The van der Waals surface area contributed by atoms with Crippen LogP contribution in [0.5, 0.6) is 0 Å². The Morgan fingerprint density at radius 3 is 2.39 bits per heavy atom. The fourth-order valence-electron chi connectivity index (χ4n) is 1.68. The van der Waals surface area contributed by atoms with Crippen LogP contribution in [0.1, 0.15) is 18.2 Å². The molecule has 0 fully saturated rings. The molecule has 0 aliphatic carbocycles. The zero-order valence-corrected chi connectivity index (χ0v) is 10.8. The summed E-state index contributed by atoms with van der Waals surface area (Å²) in [5.41, 5.74) is 2.42. The normalized spacial score (nSPS) is 10.4. The zero-order valence-electron chi connectivity index (χ0n) is 10.8. The molecule has 0 atom stereocenters. The Morgan fingerprint density at radius 1 is 1.11 bits per heavy atom. The molecule has 3 nitrogen and oxygen atoms in total. The SMILES string of the molecule is CCNc1nc(-c2ccc(C)cc2)nc(C)c1F. The van der Waals surface area contributed by atoms with Crippen LogP contribution in [-0.4, -0.2) is 16.5 Å². The molecule has 0 bridgehead atoms. The molecule has 1 heterocycles. The van der Waals surface area contributed by atoms with Crippen molar-refractivity contribution in [2.75, 3.05) is 11.9 Å². The van der Waals surface area contributed by atoms with Crippen molar-refractivity contribution in [2.24, 2.45) is 0 Å². The first-order valence-corrected chi connectivity index (χ1v) is 5.97. The summed E-state index contributed by atoms with van der Waals surface area (Å²) in [6, 6.07) is 7.87. The maximum atomic E-state index is 13.8. The van der Waals surface area contributed by atoms with Crippen LogP contribution in [0.3, 0.4) is 0 Å². The fraction of sp³-hybridized carbons (Fsp3) is 0.286. The Kier molecular flexibility index (Phi) is 3.55. The lowest BCUT2D eigenvalue weighted by Crippen LogP contribution is -2.06. The van der Waals surface area contributed by atoms with Crippen molar-refractivity contribution < 1.29 is 4.39 Å². The van der Waals surface area contributed by atoms with Gasteiger partial charge in [0.1, 0.15) is 0 Å². The topological polar surface area (TPSA) is 37.8 Å². The quantitative estimate of drug-likeness (QED) is 0.901. The van der Waals surface area contributed by atoms with E-state index in [2.05, 4.69) is 15.3 Å². The molecule has 94 valence electrons. The van der Waals surface area contributed by atoms with Crippen LogP contribution in [0.2, 0.25) is 0 Å². The van der Waals surface area contributed by atoms with Crippen LogP contribution >= 0.6 is 0 Å². The Bertz CT molecular complexity index is 550. The molecule has 0 aliphatic rings. The number of aromatic nitrogens is 2. The number of benzene rings is 1. The number of nitrogens with zero attached hydrogens (tertiary/aromatic N) is 2. The van der Waals surface area contributed by atoms with Gasteiger partial charge in [0.15, 0.2) is 17.5 Å². The molecule has 4 heteroatoms. The van der Waals surface area contributed by atoms with Gasteiger partial charge in [-0.3, -0.25) is 0 Å². The summed E-state index contributed by atoms with van der Waals surface area (Å²) in [5.74, 6) is 0.429. The largest absolute Gasteiger partial charge is 0.368 e. The highest BCUT2D eigenvalue weighted by Gasteiger charge is 2.11. The van der Waals surface area contributed by atoms with Crippen molar-refractivity contribution >= 4 is 5.82 Å². The molecule has 0 amide bonds. The molecule has 0 saturated heterocycles. The second kappa shape index (κ2) is 5.12. The number of rotatable bonds is 3. The van der Waals surface area contributed by atoms with Gasteiger partial charge in [-0.05, 0) is 20.8 Å². The third-order valence-electron chi connectivity index (χ3n) is 2.67. The van der Waals surface area contributed by atoms with Gasteiger partial charge in [0.05, 0.1) is 5.69 Å². The molecule has 1 aromatic heterocycles. The first kappa shape index (κ1) is 12.5. The van der Waals surface area contributed by atoms with Crippen molar-refractivity contribution in [2.45, 2.75) is 20.8 Å². The van der Waals surface area contributed by atoms with Gasteiger partial charge in [-0.25, -0.2) is 14.4 Å². The summed E-state index contributed by atoms with van der Waals surface area (Å²) in [4.78, 5) is 8.41. The predicted molar refractivity (Wildman–Crippen MR) is 71.1 cm³/mol. The molecule has 0 spiro atoms. The summed E-state index contributed by atoms with van der Waals surface area (Å²) in [7, 11) is 0. The minimum Gasteiger partial charge on any atom is -0.368 e. The van der Waals surface area contributed by atoms with E-state index in [4.69, 9.17) is 0 Å². The lowest BCUT2D eigenvalue weighted by atomic mass is 10.1. The second-order valence-electron chi connectivity index (χ2n) is 4.19. The lowest BCUT2D eigenvalue weighted by Gasteiger charge is -2.09. The van der Waals surface area contributed by atoms with Crippen molar-refractivity contribution in [3.8, 4) is 11.4 Å². The second-order valence-corrected chi connectivity index (χ2v) is 4.19. The molecule has 2 rings (SSSR count). The first-order valence-electron chi connectivity index (χ1n) is 5.97. The maximum absolute atomic E-state index is 13.8. The number of nitrogens with one attached hydrogen (secondary N) is 1. The van der Waals surface area contributed by atoms with Crippen molar-refractivity contribution in [1.82, 2.24) is 9.97 Å². The summed E-state index contributed by atoms with van der Waals surface area (Å²) in [5, 5.41) is 2.91. The van der Waals surface area contributed by atoms with E-state index in [0.29, 0.717) is 18.1 Å². The molecule has 18 heavy (non-hydrogen) atoms. The minimum atomic E-state index is -0.382. The van der Waals surface area contributed by atoms with E-state index < -0.39 is 0 Å². The van der Waals surface area contributed by atoms with Gasteiger partial charge in [0.2, 0.25) is 0 Å². The summed E-state index contributed by atoms with van der Waals surface area (Å²) in [6.45, 7) is 6.20. The van der Waals surface area contributed by atoms with E-state index in [1.165, 1.54) is 5.56 Å². The lowest BCUT2D eigenvalue weighted by molar-refractivity contribution is 0.606. The van der Waals surface area contributed by atoms with Crippen LogP contribution in [-0.2, 0) is 0 Å². The number of hydrogen-bond donors (Lipinski definition) is 1. The number of halogens is 1. The van der Waals surface area contributed by atoms with Gasteiger partial charge in [-0.2, -0.15) is 0 Å². The van der Waals surface area contributed by atoms with Gasteiger partial charge in [-0.15, -0.1) is 0 Å². The van der Waals surface area contributed by atoms with Crippen LogP contribution in [0.4, 0.5) is 10.2 Å². The molecular formula is C14H16FN3. The van der Waals surface area contributed by atoms with Crippen LogP contribution < -0.4 is 5.32 Å². The number of hydrogen-bond acceptors (Lipinski definition) is 3. The monoisotopic (exact) mass is 245 g/mol. The van der Waals surface area contributed by atoms with Gasteiger partial charge in [0, 0.05) is 12.1 Å². The Morgan fingerprint density at radius 2 is 1.78 bits per heavy atom. The zero-order chi connectivity index (χ0) is 13.1. The van der Waals surface area contributed by atoms with Crippen molar-refractivity contribution in [3.05, 3.63) is 41.3 Å².